The summed E-state index contributed by atoms with van der Waals surface area (Å²) in [4.78, 5) is 0. The molecule has 18 heavy (non-hydrogen) atoms. The summed E-state index contributed by atoms with van der Waals surface area (Å²) in [6.07, 6.45) is 0. The lowest BCUT2D eigenvalue weighted by Gasteiger charge is -2.11. The van der Waals surface area contributed by atoms with Crippen LogP contribution in [0.15, 0.2) is 40.9 Å². The van der Waals surface area contributed by atoms with Gasteiger partial charge in [0.1, 0.15) is 11.6 Å². The predicted molar refractivity (Wildman–Crippen MR) is 74.8 cm³/mol. The smallest absolute Gasteiger partial charge is 0.139 e. The third-order valence-corrected chi connectivity index (χ3v) is 3.10. The van der Waals surface area contributed by atoms with E-state index in [0.29, 0.717) is 27.3 Å². The van der Waals surface area contributed by atoms with E-state index >= 15 is 0 Å². The van der Waals surface area contributed by atoms with Crippen molar-refractivity contribution in [2.24, 2.45) is 0 Å². The van der Waals surface area contributed by atoms with Crippen molar-refractivity contribution < 1.29 is 9.13 Å². The topological polar surface area (TPSA) is 47.3 Å². The molecular weight excluding hydrogens is 299 g/mol. The maximum atomic E-state index is 13.4. The summed E-state index contributed by atoms with van der Waals surface area (Å²) in [6.45, 7) is 0. The molecule has 0 atom stereocenters. The number of rotatable bonds is 3. The Kier molecular flexibility index (Phi) is 3.72. The van der Waals surface area contributed by atoms with Gasteiger partial charge in [0.2, 0.25) is 0 Å². The molecule has 0 heterocycles. The van der Waals surface area contributed by atoms with Gasteiger partial charge >= 0.3 is 0 Å². The normalized spacial score (nSPS) is 10.2. The van der Waals surface area contributed by atoms with E-state index in [-0.39, 0.29) is 5.82 Å². The van der Waals surface area contributed by atoms with Crippen molar-refractivity contribution in [3.63, 3.8) is 0 Å². The van der Waals surface area contributed by atoms with Gasteiger partial charge in [-0.15, -0.1) is 0 Å². The second-order valence-electron chi connectivity index (χ2n) is 3.71. The van der Waals surface area contributed by atoms with Crippen LogP contribution in [-0.2, 0) is 0 Å². The van der Waals surface area contributed by atoms with Gasteiger partial charge in [-0.25, -0.2) is 4.39 Å². The van der Waals surface area contributed by atoms with Crippen LogP contribution in [0.4, 0.5) is 21.5 Å². The van der Waals surface area contributed by atoms with Crippen molar-refractivity contribution in [3.05, 3.63) is 46.7 Å². The number of nitrogens with one attached hydrogen (secondary N) is 1. The fraction of sp³-hybridized carbons (Fsp3) is 0.0769. The van der Waals surface area contributed by atoms with Crippen LogP contribution in [0.5, 0.6) is 5.75 Å². The number of nitrogens with two attached hydrogens (primary N) is 1. The third-order valence-electron chi connectivity index (χ3n) is 2.46. The summed E-state index contributed by atoms with van der Waals surface area (Å²) in [5, 5.41) is 3.05. The zero-order valence-electron chi connectivity index (χ0n) is 9.71. The van der Waals surface area contributed by atoms with Crippen molar-refractivity contribution >= 4 is 33.0 Å². The lowest BCUT2D eigenvalue weighted by molar-refractivity contribution is 0.415. The summed E-state index contributed by atoms with van der Waals surface area (Å²) in [5.41, 5.74) is 7.74. The van der Waals surface area contributed by atoms with E-state index in [1.54, 1.807) is 37.4 Å². The molecule has 0 amide bonds. The lowest BCUT2D eigenvalue weighted by atomic mass is 10.2. The Morgan fingerprint density at radius 2 is 2.00 bits per heavy atom. The van der Waals surface area contributed by atoms with Gasteiger partial charge in [-0.2, -0.15) is 0 Å². The summed E-state index contributed by atoms with van der Waals surface area (Å²) >= 11 is 3.10. The second-order valence-corrected chi connectivity index (χ2v) is 4.56. The highest BCUT2D eigenvalue weighted by Crippen LogP contribution is 2.28. The highest BCUT2D eigenvalue weighted by atomic mass is 79.9. The van der Waals surface area contributed by atoms with E-state index in [4.69, 9.17) is 10.5 Å². The van der Waals surface area contributed by atoms with Crippen molar-refractivity contribution in [2.45, 2.75) is 0 Å². The van der Waals surface area contributed by atoms with Crippen molar-refractivity contribution in [2.75, 3.05) is 18.2 Å². The van der Waals surface area contributed by atoms with Crippen LogP contribution in [0.1, 0.15) is 0 Å². The fourth-order valence-corrected chi connectivity index (χ4v) is 1.76. The molecule has 2 aromatic rings. The van der Waals surface area contributed by atoms with Crippen LogP contribution in [0.25, 0.3) is 0 Å². The van der Waals surface area contributed by atoms with Gasteiger partial charge in [0.05, 0.1) is 23.0 Å². The average molecular weight is 311 g/mol. The fourth-order valence-electron chi connectivity index (χ4n) is 1.51. The van der Waals surface area contributed by atoms with Crippen LogP contribution in [-0.4, -0.2) is 7.11 Å². The molecule has 2 rings (SSSR count). The Labute approximate surface area is 113 Å². The predicted octanol–water partition coefficient (Wildman–Crippen LogP) is 3.92. The molecule has 3 nitrogen and oxygen atoms in total. The van der Waals surface area contributed by atoms with Gasteiger partial charge in [-0.3, -0.25) is 0 Å². The van der Waals surface area contributed by atoms with Gasteiger partial charge in [0.25, 0.3) is 0 Å². The molecule has 0 aliphatic carbocycles. The van der Waals surface area contributed by atoms with Crippen molar-refractivity contribution in [3.8, 4) is 5.75 Å². The Morgan fingerprint density at radius 3 is 2.61 bits per heavy atom. The summed E-state index contributed by atoms with van der Waals surface area (Å²) in [6, 6.07) is 10.1. The number of nitrogen functional groups attached to an aromatic ring is 1. The largest absolute Gasteiger partial charge is 0.497 e. The van der Waals surface area contributed by atoms with Crippen LogP contribution in [0.3, 0.4) is 0 Å². The van der Waals surface area contributed by atoms with Gasteiger partial charge in [-0.1, -0.05) is 0 Å². The highest BCUT2D eigenvalue weighted by Gasteiger charge is 2.04. The molecule has 0 saturated heterocycles. The van der Waals surface area contributed by atoms with Crippen LogP contribution < -0.4 is 15.8 Å². The minimum Gasteiger partial charge on any atom is -0.497 e. The number of methoxy groups -OCH3 is 1. The Morgan fingerprint density at radius 1 is 1.22 bits per heavy atom. The highest BCUT2D eigenvalue weighted by molar-refractivity contribution is 9.10. The lowest BCUT2D eigenvalue weighted by Crippen LogP contribution is -1.97. The minimum absolute atomic E-state index is 0.327. The molecule has 0 aromatic heterocycles. The number of ether oxygens (including phenoxy) is 1. The number of anilines is 3. The van der Waals surface area contributed by atoms with Gasteiger partial charge in [0.15, 0.2) is 0 Å². The SMILES string of the molecule is COc1ccc(Nc2ccc(Br)c(F)c2)c(N)c1. The molecule has 0 unspecified atom stereocenters. The van der Waals surface area contributed by atoms with Crippen LogP contribution in [0, 0.1) is 5.82 Å². The van der Waals surface area contributed by atoms with Crippen molar-refractivity contribution in [1.82, 2.24) is 0 Å². The molecule has 2 aromatic carbocycles. The quantitative estimate of drug-likeness (QED) is 0.845. The molecule has 0 saturated carbocycles. The first-order chi connectivity index (χ1) is 8.60. The molecule has 0 aliphatic heterocycles. The van der Waals surface area contributed by atoms with Gasteiger partial charge in [0, 0.05) is 11.8 Å². The maximum Gasteiger partial charge on any atom is 0.139 e. The zero-order chi connectivity index (χ0) is 13.1. The number of hydrogen-bond acceptors (Lipinski definition) is 3. The summed E-state index contributed by atoms with van der Waals surface area (Å²) in [7, 11) is 1.58. The number of benzene rings is 2. The maximum absolute atomic E-state index is 13.4. The third kappa shape index (κ3) is 2.73. The van der Waals surface area contributed by atoms with Crippen LogP contribution in [0.2, 0.25) is 0 Å². The van der Waals surface area contributed by atoms with E-state index in [1.807, 2.05) is 0 Å². The summed E-state index contributed by atoms with van der Waals surface area (Å²) in [5.74, 6) is 0.354. The number of halogens is 2. The molecule has 0 fully saturated rings. The molecule has 5 heteroatoms. The molecular formula is C13H12BrFN2O. The first kappa shape index (κ1) is 12.7. The molecule has 0 spiro atoms. The van der Waals surface area contributed by atoms with Gasteiger partial charge < -0.3 is 15.8 Å². The molecule has 0 bridgehead atoms. The summed E-state index contributed by atoms with van der Waals surface area (Å²) < 4.78 is 18.9. The Hall–Kier alpha value is -1.75. The first-order valence-electron chi connectivity index (χ1n) is 5.26. The number of hydrogen-bond donors (Lipinski definition) is 2. The van der Waals surface area contributed by atoms with E-state index in [0.717, 1.165) is 0 Å². The van der Waals surface area contributed by atoms with E-state index in [9.17, 15) is 4.39 Å². The van der Waals surface area contributed by atoms with Gasteiger partial charge in [-0.05, 0) is 46.3 Å². The zero-order valence-corrected chi connectivity index (χ0v) is 11.3. The second kappa shape index (κ2) is 5.27. The van der Waals surface area contributed by atoms with Crippen LogP contribution >= 0.6 is 15.9 Å². The van der Waals surface area contributed by atoms with E-state index < -0.39 is 0 Å². The molecule has 0 radical (unpaired) electrons. The molecule has 0 aliphatic rings. The Bertz CT molecular complexity index is 575. The first-order valence-corrected chi connectivity index (χ1v) is 6.05. The minimum atomic E-state index is -0.327. The van der Waals surface area contributed by atoms with Crippen molar-refractivity contribution in [1.29, 1.82) is 0 Å². The monoisotopic (exact) mass is 310 g/mol. The van der Waals surface area contributed by atoms with E-state index in [1.165, 1.54) is 6.07 Å². The standard InChI is InChI=1S/C13H12BrFN2O/c1-18-9-3-5-13(12(16)7-9)17-8-2-4-10(14)11(15)6-8/h2-7,17H,16H2,1H3. The molecule has 3 N–H and O–H groups in total. The average Bonchev–Trinajstić information content (AvgIpc) is 2.36. The molecule has 94 valence electrons. The Balaban J connectivity index is 2.25. The van der Waals surface area contributed by atoms with E-state index in [2.05, 4.69) is 21.2 Å².